The van der Waals surface area contributed by atoms with Gasteiger partial charge in [-0.25, -0.2) is 8.42 Å². The second-order valence-electron chi connectivity index (χ2n) is 5.86. The van der Waals surface area contributed by atoms with E-state index < -0.39 is 15.7 Å². The molecule has 0 aliphatic rings. The molecule has 0 aliphatic carbocycles. The lowest BCUT2D eigenvalue weighted by molar-refractivity contribution is 0.609. The van der Waals surface area contributed by atoms with Gasteiger partial charge in [0.2, 0.25) is 0 Å². The molecule has 3 aromatic rings. The van der Waals surface area contributed by atoms with Gasteiger partial charge < -0.3 is 0 Å². The zero-order valence-corrected chi connectivity index (χ0v) is 17.8. The molecular weight excluding hydrogens is 451 g/mol. The number of rotatable bonds is 6. The van der Waals surface area contributed by atoms with Gasteiger partial charge in [-0.2, -0.15) is 0 Å². The molecule has 6 heteroatoms. The molecule has 0 fully saturated rings. The molecule has 0 aromatic heterocycles. The summed E-state index contributed by atoms with van der Waals surface area (Å²) >= 11 is 3.93. The molecule has 0 bridgehead atoms. The fourth-order valence-electron chi connectivity index (χ4n) is 2.81. The summed E-state index contributed by atoms with van der Waals surface area (Å²) in [6.45, 7) is -0.581. The van der Waals surface area contributed by atoms with Gasteiger partial charge in [-0.1, -0.05) is 88.3 Å². The summed E-state index contributed by atoms with van der Waals surface area (Å²) in [5.41, 5.74) is 3.86. The Balaban J connectivity index is 1.88. The van der Waals surface area contributed by atoms with Crippen LogP contribution in [0.4, 0.5) is 0 Å². The maximum Gasteiger partial charge on any atom is 0.261 e. The summed E-state index contributed by atoms with van der Waals surface area (Å²) in [7, 11) is 1.71. The van der Waals surface area contributed by atoms with E-state index in [1.54, 1.807) is 12.1 Å². The standard InChI is InChI=1S/C20H17BrClO2PS/c21-25(15-16-11-13-19(14-12-16)26(22,23)24)20(17-7-3-1-4-8-17)18-9-5-2-6-10-18/h1-14,20H,15H2. The SMILES string of the molecule is O=S(=O)(Cl)c1ccc(CP(Br)C(c2ccccc2)c2ccccc2)cc1. The van der Waals surface area contributed by atoms with Crippen molar-refractivity contribution < 1.29 is 8.42 Å². The highest BCUT2D eigenvalue weighted by molar-refractivity contribution is 9.39. The average Bonchev–Trinajstić information content (AvgIpc) is 2.63. The van der Waals surface area contributed by atoms with Crippen LogP contribution in [0.2, 0.25) is 0 Å². The molecule has 2 nitrogen and oxygen atoms in total. The Kier molecular flexibility index (Phi) is 6.52. The molecule has 134 valence electrons. The molecule has 3 rings (SSSR count). The van der Waals surface area contributed by atoms with Gasteiger partial charge in [-0.15, -0.1) is 0 Å². The van der Waals surface area contributed by atoms with E-state index in [4.69, 9.17) is 10.7 Å². The molecule has 26 heavy (non-hydrogen) atoms. The Morgan fingerprint density at radius 2 is 1.27 bits per heavy atom. The molecule has 1 atom stereocenters. The Hall–Kier alpha value is -1.19. The van der Waals surface area contributed by atoms with E-state index in [-0.39, 0.29) is 10.6 Å². The van der Waals surface area contributed by atoms with Crippen molar-refractivity contribution in [2.24, 2.45) is 0 Å². The van der Waals surface area contributed by atoms with Crippen LogP contribution in [0.15, 0.2) is 89.8 Å². The first-order valence-electron chi connectivity index (χ1n) is 8.01. The second kappa shape index (κ2) is 8.67. The maximum absolute atomic E-state index is 11.4. The number of benzene rings is 3. The smallest absolute Gasteiger partial charge is 0.207 e. The van der Waals surface area contributed by atoms with Gasteiger partial charge in [-0.05, 0) is 35.4 Å². The molecular formula is C20H17BrClO2PS. The molecule has 0 N–H and O–H groups in total. The molecule has 0 aliphatic heterocycles. The molecule has 0 saturated heterocycles. The van der Waals surface area contributed by atoms with Crippen molar-refractivity contribution in [2.45, 2.75) is 16.7 Å². The second-order valence-corrected chi connectivity index (χ2v) is 12.8. The average molecular weight is 468 g/mol. The third kappa shape index (κ3) is 4.95. The minimum absolute atomic E-state index is 0.129. The van der Waals surface area contributed by atoms with Crippen molar-refractivity contribution in [3.05, 3.63) is 102 Å². The first kappa shape index (κ1) is 19.6. The highest BCUT2D eigenvalue weighted by Crippen LogP contribution is 2.62. The summed E-state index contributed by atoms with van der Waals surface area (Å²) in [4.78, 5) is 0.129. The zero-order valence-electron chi connectivity index (χ0n) is 13.8. The molecule has 0 radical (unpaired) electrons. The normalized spacial score (nSPS) is 12.9. The minimum atomic E-state index is -3.68. The molecule has 0 spiro atoms. The summed E-state index contributed by atoms with van der Waals surface area (Å²) in [6, 6.07) is 27.7. The maximum atomic E-state index is 11.4. The van der Waals surface area contributed by atoms with E-state index in [1.165, 1.54) is 11.1 Å². The number of hydrogen-bond donors (Lipinski definition) is 0. The third-order valence-corrected chi connectivity index (χ3v) is 9.22. The van der Waals surface area contributed by atoms with Gasteiger partial charge in [-0.3, -0.25) is 0 Å². The summed E-state index contributed by atoms with van der Waals surface area (Å²) < 4.78 is 22.8. The van der Waals surface area contributed by atoms with Crippen molar-refractivity contribution in [3.63, 3.8) is 0 Å². The van der Waals surface area contributed by atoms with Gasteiger partial charge in [0.05, 0.1) is 4.90 Å². The van der Waals surface area contributed by atoms with Gasteiger partial charge in [0.25, 0.3) is 9.05 Å². The van der Waals surface area contributed by atoms with Crippen LogP contribution in [0.3, 0.4) is 0 Å². The molecule has 0 heterocycles. The lowest BCUT2D eigenvalue weighted by atomic mass is 10.0. The van der Waals surface area contributed by atoms with Gasteiger partial charge in [0, 0.05) is 22.5 Å². The fraction of sp³-hybridized carbons (Fsp3) is 0.100. The minimum Gasteiger partial charge on any atom is -0.207 e. The molecule has 1 unspecified atom stereocenters. The van der Waals surface area contributed by atoms with Crippen LogP contribution in [-0.2, 0) is 15.2 Å². The highest BCUT2D eigenvalue weighted by atomic mass is 79.9. The van der Waals surface area contributed by atoms with Crippen LogP contribution >= 0.6 is 32.8 Å². The van der Waals surface area contributed by atoms with E-state index >= 15 is 0 Å². The number of hydrogen-bond acceptors (Lipinski definition) is 2. The van der Waals surface area contributed by atoms with Crippen LogP contribution in [0.25, 0.3) is 0 Å². The van der Waals surface area contributed by atoms with Crippen LogP contribution in [0.1, 0.15) is 22.3 Å². The third-order valence-electron chi connectivity index (χ3n) is 4.05. The quantitative estimate of drug-likeness (QED) is 0.299. The molecule has 3 aromatic carbocycles. The lowest BCUT2D eigenvalue weighted by Gasteiger charge is -2.24. The summed E-state index contributed by atoms with van der Waals surface area (Å²) in [5.74, 6) is 0. The van der Waals surface area contributed by atoms with Crippen molar-refractivity contribution >= 4 is 41.8 Å². The van der Waals surface area contributed by atoms with E-state index in [9.17, 15) is 8.42 Å². The Labute approximate surface area is 168 Å². The van der Waals surface area contributed by atoms with Crippen LogP contribution in [0, 0.1) is 0 Å². The van der Waals surface area contributed by atoms with E-state index in [1.807, 2.05) is 24.3 Å². The molecule has 0 amide bonds. The van der Waals surface area contributed by atoms with Crippen LogP contribution < -0.4 is 0 Å². The predicted octanol–water partition coefficient (Wildman–Crippen LogP) is 6.70. The fourth-order valence-corrected chi connectivity index (χ4v) is 7.60. The molecule has 0 saturated carbocycles. The summed E-state index contributed by atoms with van der Waals surface area (Å²) in [6.07, 6.45) is 0.826. The van der Waals surface area contributed by atoms with E-state index in [0.717, 1.165) is 11.7 Å². The van der Waals surface area contributed by atoms with E-state index in [0.29, 0.717) is 0 Å². The number of halogens is 2. The van der Waals surface area contributed by atoms with Crippen molar-refractivity contribution in [3.8, 4) is 0 Å². The Bertz CT molecular complexity index is 909. The van der Waals surface area contributed by atoms with E-state index in [2.05, 4.69) is 64.0 Å². The first-order chi connectivity index (χ1) is 12.4. The van der Waals surface area contributed by atoms with Gasteiger partial charge >= 0.3 is 0 Å². The zero-order chi connectivity index (χ0) is 18.6. The largest absolute Gasteiger partial charge is 0.261 e. The van der Waals surface area contributed by atoms with Gasteiger partial charge in [0.15, 0.2) is 0 Å². The van der Waals surface area contributed by atoms with Crippen molar-refractivity contribution in [1.29, 1.82) is 0 Å². The first-order valence-corrected chi connectivity index (χ1v) is 13.9. The predicted molar refractivity (Wildman–Crippen MR) is 114 cm³/mol. The summed E-state index contributed by atoms with van der Waals surface area (Å²) in [5, 5.41) is 0. The highest BCUT2D eigenvalue weighted by Gasteiger charge is 2.23. The Morgan fingerprint density at radius 1 is 0.808 bits per heavy atom. The van der Waals surface area contributed by atoms with Crippen molar-refractivity contribution in [2.75, 3.05) is 0 Å². The van der Waals surface area contributed by atoms with Crippen LogP contribution in [-0.4, -0.2) is 8.42 Å². The van der Waals surface area contributed by atoms with Gasteiger partial charge in [0.1, 0.15) is 0 Å². The topological polar surface area (TPSA) is 34.1 Å². The monoisotopic (exact) mass is 466 g/mol. The van der Waals surface area contributed by atoms with Crippen molar-refractivity contribution in [1.82, 2.24) is 0 Å². The Morgan fingerprint density at radius 3 is 1.69 bits per heavy atom. The lowest BCUT2D eigenvalue weighted by Crippen LogP contribution is -1.99. The van der Waals surface area contributed by atoms with Crippen LogP contribution in [0.5, 0.6) is 0 Å².